The molecule has 0 aliphatic carbocycles. The molecule has 1 aliphatic heterocycles. The van der Waals surface area contributed by atoms with E-state index in [0.717, 1.165) is 12.1 Å². The number of nitrogens with one attached hydrogen (secondary N) is 1. The highest BCUT2D eigenvalue weighted by Gasteiger charge is 2.31. The molecule has 1 N–H and O–H groups in total. The number of hydrogen-bond acceptors (Lipinski definition) is 4. The van der Waals surface area contributed by atoms with Gasteiger partial charge in [0.1, 0.15) is 0 Å². The van der Waals surface area contributed by atoms with Crippen LogP contribution in [0.2, 0.25) is 0 Å². The topological polar surface area (TPSA) is 67.2 Å². The Balaban J connectivity index is 2.08. The molecular weight excluding hydrogens is 297 g/mol. The van der Waals surface area contributed by atoms with Gasteiger partial charge in [-0.3, -0.25) is 9.79 Å². The van der Waals surface area contributed by atoms with Crippen molar-refractivity contribution in [2.45, 2.75) is 12.6 Å². The molecule has 5 nitrogen and oxygen atoms in total. The number of carbonyl (C=O) groups excluding carboxylic acids is 1. The van der Waals surface area contributed by atoms with Gasteiger partial charge in [0, 0.05) is 5.56 Å². The molecular formula is C14H9F3N4O. The highest BCUT2D eigenvalue weighted by atomic mass is 19.4. The lowest BCUT2D eigenvalue weighted by Gasteiger charge is -2.10. The van der Waals surface area contributed by atoms with Crippen LogP contribution in [0, 0.1) is 0 Å². The highest BCUT2D eigenvalue weighted by molar-refractivity contribution is 6.16. The molecule has 0 unspecified atom stereocenters. The summed E-state index contributed by atoms with van der Waals surface area (Å²) in [6.45, 7) is 0. The fraction of sp³-hybridized carbons (Fsp3) is 0.143. The van der Waals surface area contributed by atoms with Crippen LogP contribution in [0.1, 0.15) is 17.5 Å². The predicted octanol–water partition coefficient (Wildman–Crippen LogP) is 2.96. The molecule has 1 amide bonds. The number of hydrogen-bond donors (Lipinski definition) is 1. The van der Waals surface area contributed by atoms with Gasteiger partial charge in [0.05, 0.1) is 41.5 Å². The van der Waals surface area contributed by atoms with Gasteiger partial charge in [-0.05, 0) is 24.3 Å². The Kier molecular flexibility index (Phi) is 3.36. The van der Waals surface area contributed by atoms with E-state index in [2.05, 4.69) is 20.5 Å². The standard InChI is InChI=1S/C14H9F3N4O/c15-14(16,17)9-1-2-10-12(5-9)21-13(22)6-11(20-10)8-3-4-18-19-7-8/h1-5,7H,6H2,(H,21,22). The number of benzene rings is 1. The van der Waals surface area contributed by atoms with Gasteiger partial charge in [0.15, 0.2) is 0 Å². The third-order valence-corrected chi connectivity index (χ3v) is 3.10. The number of fused-ring (bicyclic) bond motifs is 1. The van der Waals surface area contributed by atoms with Crippen LogP contribution >= 0.6 is 0 Å². The molecule has 112 valence electrons. The van der Waals surface area contributed by atoms with Crippen LogP contribution in [0.3, 0.4) is 0 Å². The Morgan fingerprint density at radius 1 is 1.14 bits per heavy atom. The Hall–Kier alpha value is -2.77. The van der Waals surface area contributed by atoms with Gasteiger partial charge in [-0.15, -0.1) is 0 Å². The molecule has 1 aromatic carbocycles. The van der Waals surface area contributed by atoms with Gasteiger partial charge < -0.3 is 5.32 Å². The number of amides is 1. The second kappa shape index (κ2) is 5.21. The van der Waals surface area contributed by atoms with E-state index in [1.165, 1.54) is 18.5 Å². The quantitative estimate of drug-likeness (QED) is 0.880. The lowest BCUT2D eigenvalue weighted by Crippen LogP contribution is -2.15. The molecule has 0 fully saturated rings. The van der Waals surface area contributed by atoms with Crippen LogP contribution in [0.15, 0.2) is 41.7 Å². The average molecular weight is 306 g/mol. The van der Waals surface area contributed by atoms with Gasteiger partial charge in [-0.1, -0.05) is 0 Å². The molecule has 0 atom stereocenters. The van der Waals surface area contributed by atoms with Gasteiger partial charge in [-0.2, -0.15) is 23.4 Å². The molecule has 0 bridgehead atoms. The van der Waals surface area contributed by atoms with E-state index >= 15 is 0 Å². The Morgan fingerprint density at radius 3 is 2.64 bits per heavy atom. The Bertz CT molecular complexity index is 756. The number of aliphatic imine (C=N–C) groups is 1. The second-order valence-corrected chi connectivity index (χ2v) is 4.64. The van der Waals surface area contributed by atoms with Crippen molar-refractivity contribution in [3.8, 4) is 0 Å². The molecule has 2 aromatic rings. The fourth-order valence-corrected chi connectivity index (χ4v) is 2.07. The van der Waals surface area contributed by atoms with E-state index in [1.54, 1.807) is 6.07 Å². The first-order valence-electron chi connectivity index (χ1n) is 6.29. The van der Waals surface area contributed by atoms with Crippen molar-refractivity contribution in [3.05, 3.63) is 47.8 Å². The summed E-state index contributed by atoms with van der Waals surface area (Å²) in [4.78, 5) is 16.2. The van der Waals surface area contributed by atoms with E-state index in [4.69, 9.17) is 0 Å². The zero-order valence-electron chi connectivity index (χ0n) is 11.1. The molecule has 8 heteroatoms. The van der Waals surface area contributed by atoms with Crippen LogP contribution < -0.4 is 5.32 Å². The summed E-state index contributed by atoms with van der Waals surface area (Å²) in [5, 5.41) is 9.79. The first-order chi connectivity index (χ1) is 10.4. The fourth-order valence-electron chi connectivity index (χ4n) is 2.07. The third-order valence-electron chi connectivity index (χ3n) is 3.10. The predicted molar refractivity (Wildman–Crippen MR) is 72.9 cm³/mol. The highest BCUT2D eigenvalue weighted by Crippen LogP contribution is 2.36. The minimum absolute atomic E-state index is 0.0387. The minimum Gasteiger partial charge on any atom is -0.324 e. The number of rotatable bonds is 1. The lowest BCUT2D eigenvalue weighted by molar-refractivity contribution is -0.137. The van der Waals surface area contributed by atoms with Gasteiger partial charge in [0.2, 0.25) is 5.91 Å². The number of alkyl halides is 3. The lowest BCUT2D eigenvalue weighted by atomic mass is 10.1. The van der Waals surface area contributed by atoms with E-state index in [-0.39, 0.29) is 17.8 Å². The Morgan fingerprint density at radius 2 is 1.95 bits per heavy atom. The normalized spacial score (nSPS) is 14.7. The maximum Gasteiger partial charge on any atom is 0.416 e. The summed E-state index contributed by atoms with van der Waals surface area (Å²) in [5.74, 6) is -0.436. The van der Waals surface area contributed by atoms with Crippen molar-refractivity contribution in [2.24, 2.45) is 4.99 Å². The molecule has 3 rings (SSSR count). The van der Waals surface area contributed by atoms with Crippen LogP contribution in [0.25, 0.3) is 0 Å². The van der Waals surface area contributed by atoms with Crippen LogP contribution in [0.4, 0.5) is 24.5 Å². The van der Waals surface area contributed by atoms with Crippen molar-refractivity contribution in [1.82, 2.24) is 10.2 Å². The third kappa shape index (κ3) is 2.80. The monoisotopic (exact) mass is 306 g/mol. The molecule has 0 saturated carbocycles. The van der Waals surface area contributed by atoms with Crippen molar-refractivity contribution >= 4 is 23.0 Å². The number of aromatic nitrogens is 2. The summed E-state index contributed by atoms with van der Waals surface area (Å²) in [7, 11) is 0. The molecule has 1 aromatic heterocycles. The molecule has 0 saturated heterocycles. The largest absolute Gasteiger partial charge is 0.416 e. The van der Waals surface area contributed by atoms with E-state index in [1.807, 2.05) is 0 Å². The minimum atomic E-state index is -4.48. The van der Waals surface area contributed by atoms with Crippen LogP contribution in [-0.4, -0.2) is 21.8 Å². The molecule has 0 spiro atoms. The van der Waals surface area contributed by atoms with E-state index < -0.39 is 17.6 Å². The number of halogens is 3. The average Bonchev–Trinajstić information content (AvgIpc) is 2.64. The van der Waals surface area contributed by atoms with Gasteiger partial charge in [0.25, 0.3) is 0 Å². The number of anilines is 1. The SMILES string of the molecule is O=C1CC(c2ccnnc2)=Nc2ccc(C(F)(F)F)cc2N1. The first-order valence-corrected chi connectivity index (χ1v) is 6.29. The number of nitrogens with zero attached hydrogens (tertiary/aromatic N) is 3. The summed E-state index contributed by atoms with van der Waals surface area (Å²) in [6, 6.07) is 4.68. The summed E-state index contributed by atoms with van der Waals surface area (Å²) in [5.41, 5.74) is 0.488. The van der Waals surface area contributed by atoms with Crippen LogP contribution in [0.5, 0.6) is 0 Å². The maximum atomic E-state index is 12.7. The summed E-state index contributed by atoms with van der Waals surface area (Å²) in [6.07, 6.45) is -1.63. The zero-order chi connectivity index (χ0) is 15.7. The molecule has 22 heavy (non-hydrogen) atoms. The second-order valence-electron chi connectivity index (χ2n) is 4.64. The van der Waals surface area contributed by atoms with Crippen LogP contribution in [-0.2, 0) is 11.0 Å². The van der Waals surface area contributed by atoms with Crippen molar-refractivity contribution < 1.29 is 18.0 Å². The maximum absolute atomic E-state index is 12.7. The molecule has 1 aliphatic rings. The van der Waals surface area contributed by atoms with Crippen molar-refractivity contribution in [2.75, 3.05) is 5.32 Å². The molecule has 2 heterocycles. The number of carbonyl (C=O) groups is 1. The van der Waals surface area contributed by atoms with Crippen molar-refractivity contribution in [1.29, 1.82) is 0 Å². The summed E-state index contributed by atoms with van der Waals surface area (Å²) < 4.78 is 38.2. The van der Waals surface area contributed by atoms with E-state index in [9.17, 15) is 18.0 Å². The van der Waals surface area contributed by atoms with E-state index in [0.29, 0.717) is 11.3 Å². The zero-order valence-corrected chi connectivity index (χ0v) is 11.1. The Labute approximate surface area is 122 Å². The van der Waals surface area contributed by atoms with Crippen molar-refractivity contribution in [3.63, 3.8) is 0 Å². The first kappa shape index (κ1) is 14.2. The smallest absolute Gasteiger partial charge is 0.324 e. The molecule has 0 radical (unpaired) electrons. The van der Waals surface area contributed by atoms with Gasteiger partial charge in [-0.25, -0.2) is 0 Å². The van der Waals surface area contributed by atoms with Gasteiger partial charge >= 0.3 is 6.18 Å². The summed E-state index contributed by atoms with van der Waals surface area (Å²) >= 11 is 0.